The molecule has 0 saturated heterocycles. The first-order valence-corrected chi connectivity index (χ1v) is 10.2. The highest BCUT2D eigenvalue weighted by atomic mass is 35.5. The van der Waals surface area contributed by atoms with E-state index in [1.807, 2.05) is 23.9 Å². The molecule has 2 aromatic carbocycles. The first-order valence-electron chi connectivity index (χ1n) is 8.05. The maximum Gasteiger partial charge on any atom is 0.268 e. The summed E-state index contributed by atoms with van der Waals surface area (Å²) in [5, 5.41) is 0.566. The number of thioether (sulfide) groups is 1. The van der Waals surface area contributed by atoms with Crippen LogP contribution in [0.2, 0.25) is 5.02 Å². The van der Waals surface area contributed by atoms with Crippen LogP contribution in [0.1, 0.15) is 15.2 Å². The molecule has 1 aliphatic heterocycles. The average molecular weight is 402 g/mol. The summed E-state index contributed by atoms with van der Waals surface area (Å²) in [5.74, 6) is 1.44. The summed E-state index contributed by atoms with van der Waals surface area (Å²) >= 11 is 9.48. The molecule has 1 aromatic heterocycles. The predicted octanol–water partition coefficient (Wildman–Crippen LogP) is 5.96. The Labute approximate surface area is 165 Å². The number of hydrogen-bond acceptors (Lipinski definition) is 4. The van der Waals surface area contributed by atoms with Gasteiger partial charge in [0.25, 0.3) is 5.91 Å². The van der Waals surface area contributed by atoms with Gasteiger partial charge in [0.2, 0.25) is 0 Å². The summed E-state index contributed by atoms with van der Waals surface area (Å²) in [6.45, 7) is 0. The summed E-state index contributed by atoms with van der Waals surface area (Å²) < 4.78 is 5.38. The van der Waals surface area contributed by atoms with E-state index in [9.17, 15) is 4.79 Å². The van der Waals surface area contributed by atoms with E-state index in [0.29, 0.717) is 16.5 Å². The number of thiophene rings is 1. The van der Waals surface area contributed by atoms with Gasteiger partial charge in [-0.2, -0.15) is 0 Å². The van der Waals surface area contributed by atoms with Gasteiger partial charge in [-0.1, -0.05) is 29.8 Å². The van der Waals surface area contributed by atoms with Gasteiger partial charge in [-0.05, 0) is 35.9 Å². The molecule has 0 saturated carbocycles. The Morgan fingerprint density at radius 2 is 2.00 bits per heavy atom. The van der Waals surface area contributed by atoms with Crippen LogP contribution in [0.25, 0.3) is 10.4 Å². The third-order valence-electron chi connectivity index (χ3n) is 4.34. The Hall–Kier alpha value is -1.95. The molecule has 4 rings (SSSR count). The van der Waals surface area contributed by atoms with Crippen molar-refractivity contribution in [1.29, 1.82) is 0 Å². The molecule has 132 valence electrons. The minimum Gasteiger partial charge on any atom is -0.495 e. The lowest BCUT2D eigenvalue weighted by Crippen LogP contribution is -2.25. The van der Waals surface area contributed by atoms with E-state index in [2.05, 4.69) is 18.2 Å². The molecule has 0 fully saturated rings. The van der Waals surface area contributed by atoms with Crippen molar-refractivity contribution in [2.45, 2.75) is 10.6 Å². The van der Waals surface area contributed by atoms with Crippen LogP contribution in [0.4, 0.5) is 5.69 Å². The number of amides is 1. The van der Waals surface area contributed by atoms with E-state index in [0.717, 1.165) is 10.6 Å². The van der Waals surface area contributed by atoms with Crippen molar-refractivity contribution in [1.82, 2.24) is 0 Å². The van der Waals surface area contributed by atoms with E-state index in [4.69, 9.17) is 16.3 Å². The fraction of sp³-hybridized carbons (Fsp3) is 0.150. The summed E-state index contributed by atoms with van der Waals surface area (Å²) in [6.07, 6.45) is 0. The molecule has 0 unspecified atom stereocenters. The van der Waals surface area contributed by atoms with Crippen LogP contribution >= 0.6 is 34.7 Å². The van der Waals surface area contributed by atoms with Gasteiger partial charge in [-0.15, -0.1) is 23.1 Å². The quantitative estimate of drug-likeness (QED) is 0.542. The Balaban J connectivity index is 1.71. The molecule has 1 aliphatic rings. The summed E-state index contributed by atoms with van der Waals surface area (Å²) in [6, 6.07) is 15.6. The number of carbonyl (C=O) groups is 1. The maximum atomic E-state index is 13.1. The number of hydrogen-bond donors (Lipinski definition) is 0. The largest absolute Gasteiger partial charge is 0.495 e. The van der Waals surface area contributed by atoms with Gasteiger partial charge < -0.3 is 9.64 Å². The van der Waals surface area contributed by atoms with Gasteiger partial charge in [0, 0.05) is 33.2 Å². The third kappa shape index (κ3) is 3.00. The zero-order valence-corrected chi connectivity index (χ0v) is 16.7. The van der Waals surface area contributed by atoms with Crippen molar-refractivity contribution < 1.29 is 9.53 Å². The third-order valence-corrected chi connectivity index (χ3v) is 6.90. The van der Waals surface area contributed by atoms with Crippen LogP contribution in [-0.2, 0) is 5.75 Å². The molecule has 3 nitrogen and oxygen atoms in total. The van der Waals surface area contributed by atoms with Crippen molar-refractivity contribution in [3.63, 3.8) is 0 Å². The minimum absolute atomic E-state index is 0.0625. The van der Waals surface area contributed by atoms with Crippen LogP contribution in [-0.4, -0.2) is 20.1 Å². The molecule has 0 spiro atoms. The van der Waals surface area contributed by atoms with Gasteiger partial charge in [-0.3, -0.25) is 4.79 Å². The fourth-order valence-corrected chi connectivity index (χ4v) is 5.56. The van der Waals surface area contributed by atoms with Crippen molar-refractivity contribution in [2.75, 3.05) is 19.1 Å². The van der Waals surface area contributed by atoms with Crippen molar-refractivity contribution >= 4 is 46.3 Å². The topological polar surface area (TPSA) is 29.5 Å². The SMILES string of the molecule is COc1ccc(Cl)cc1N(C)C(=O)c1cc2c(s1)-c1ccccc1SC2. The van der Waals surface area contributed by atoms with E-state index < -0.39 is 0 Å². The second kappa shape index (κ2) is 6.99. The Bertz CT molecular complexity index is 999. The molecule has 0 bridgehead atoms. The maximum absolute atomic E-state index is 13.1. The number of benzene rings is 2. The lowest BCUT2D eigenvalue weighted by atomic mass is 10.1. The number of rotatable bonds is 3. The molecular formula is C20H16ClNO2S2. The number of carbonyl (C=O) groups excluding carboxylic acids is 1. The minimum atomic E-state index is -0.0625. The van der Waals surface area contributed by atoms with Crippen LogP contribution in [0, 0.1) is 0 Å². The Kier molecular flexibility index (Phi) is 4.69. The van der Waals surface area contributed by atoms with Gasteiger partial charge >= 0.3 is 0 Å². The predicted molar refractivity (Wildman–Crippen MR) is 110 cm³/mol. The number of halogens is 1. The first-order chi connectivity index (χ1) is 12.6. The molecule has 3 aromatic rings. The van der Waals surface area contributed by atoms with Crippen LogP contribution in [0.15, 0.2) is 53.4 Å². The molecule has 0 aliphatic carbocycles. The Morgan fingerprint density at radius 3 is 2.81 bits per heavy atom. The van der Waals surface area contributed by atoms with E-state index >= 15 is 0 Å². The monoisotopic (exact) mass is 401 g/mol. The first kappa shape index (κ1) is 17.5. The number of fused-ring (bicyclic) bond motifs is 3. The summed E-state index contributed by atoms with van der Waals surface area (Å²) in [7, 11) is 3.33. The van der Waals surface area contributed by atoms with Crippen LogP contribution in [0.3, 0.4) is 0 Å². The lowest BCUT2D eigenvalue weighted by Gasteiger charge is -2.19. The number of anilines is 1. The fourth-order valence-electron chi connectivity index (χ4n) is 3.00. The zero-order chi connectivity index (χ0) is 18.3. The number of methoxy groups -OCH3 is 1. The molecule has 0 radical (unpaired) electrons. The van der Waals surface area contributed by atoms with Crippen LogP contribution < -0.4 is 9.64 Å². The van der Waals surface area contributed by atoms with Gasteiger partial charge in [0.1, 0.15) is 5.75 Å². The molecule has 2 heterocycles. The number of ether oxygens (including phenoxy) is 1. The van der Waals surface area contributed by atoms with Crippen LogP contribution in [0.5, 0.6) is 5.75 Å². The highest BCUT2D eigenvalue weighted by Crippen LogP contribution is 2.46. The van der Waals surface area contributed by atoms with E-state index in [-0.39, 0.29) is 5.91 Å². The van der Waals surface area contributed by atoms with Crippen molar-refractivity contribution in [3.8, 4) is 16.2 Å². The highest BCUT2D eigenvalue weighted by molar-refractivity contribution is 7.98. The molecule has 0 atom stereocenters. The van der Waals surface area contributed by atoms with E-state index in [1.54, 1.807) is 48.6 Å². The van der Waals surface area contributed by atoms with Crippen molar-refractivity contribution in [2.24, 2.45) is 0 Å². The smallest absolute Gasteiger partial charge is 0.268 e. The van der Waals surface area contributed by atoms with Crippen molar-refractivity contribution in [3.05, 3.63) is 64.0 Å². The molecular weight excluding hydrogens is 386 g/mol. The molecule has 26 heavy (non-hydrogen) atoms. The second-order valence-electron chi connectivity index (χ2n) is 5.93. The molecule has 1 amide bonds. The molecule has 0 N–H and O–H groups in total. The van der Waals surface area contributed by atoms with Gasteiger partial charge in [0.05, 0.1) is 17.7 Å². The normalized spacial score (nSPS) is 12.3. The molecule has 6 heteroatoms. The van der Waals surface area contributed by atoms with E-state index in [1.165, 1.54) is 20.9 Å². The van der Waals surface area contributed by atoms with Gasteiger partial charge in [0.15, 0.2) is 0 Å². The second-order valence-corrected chi connectivity index (χ2v) is 8.44. The number of nitrogens with zero attached hydrogens (tertiary/aromatic N) is 1. The lowest BCUT2D eigenvalue weighted by molar-refractivity contribution is 0.0996. The summed E-state index contributed by atoms with van der Waals surface area (Å²) in [5.41, 5.74) is 3.09. The summed E-state index contributed by atoms with van der Waals surface area (Å²) in [4.78, 5) is 17.9. The Morgan fingerprint density at radius 1 is 1.19 bits per heavy atom. The average Bonchev–Trinajstić information content (AvgIpc) is 3.11. The highest BCUT2D eigenvalue weighted by Gasteiger charge is 2.24. The zero-order valence-electron chi connectivity index (χ0n) is 14.3. The van der Waals surface area contributed by atoms with Gasteiger partial charge in [-0.25, -0.2) is 0 Å². The standard InChI is InChI=1S/C20H16ClNO2S2/c1-22(15-10-13(21)7-8-16(15)24-2)20(23)18-9-12-11-25-17-6-4-3-5-14(17)19(12)26-18/h3-10H,11H2,1-2H3.